The van der Waals surface area contributed by atoms with E-state index in [1.165, 1.54) is 89.9 Å². The lowest BCUT2D eigenvalue weighted by Crippen LogP contribution is -2.30. The number of carbonyl (C=O) groups excluding carboxylic acids is 3. The monoisotopic (exact) mass is 901 g/mol. The van der Waals surface area contributed by atoms with Gasteiger partial charge in [-0.1, -0.05) is 252 Å². The van der Waals surface area contributed by atoms with Crippen LogP contribution in [0, 0.1) is 0 Å². The van der Waals surface area contributed by atoms with Crippen molar-refractivity contribution in [2.24, 2.45) is 0 Å². The molecule has 6 nitrogen and oxygen atoms in total. The van der Waals surface area contributed by atoms with Gasteiger partial charge in [0.05, 0.1) is 0 Å². The molecule has 0 aromatic rings. The van der Waals surface area contributed by atoms with Crippen molar-refractivity contribution in [3.05, 3.63) is 109 Å². The quantitative estimate of drug-likeness (QED) is 0.0262. The molecule has 1 unspecified atom stereocenters. The molecule has 1 atom stereocenters. The molecular weight excluding hydrogens is 805 g/mol. The first-order valence-electron chi connectivity index (χ1n) is 26.5. The van der Waals surface area contributed by atoms with Gasteiger partial charge in [-0.3, -0.25) is 14.4 Å². The summed E-state index contributed by atoms with van der Waals surface area (Å²) in [5, 5.41) is 0. The van der Waals surface area contributed by atoms with E-state index >= 15 is 0 Å². The highest BCUT2D eigenvalue weighted by atomic mass is 16.6. The first kappa shape index (κ1) is 61.1. The molecule has 0 aromatic heterocycles. The Bertz CT molecular complexity index is 1360. The molecule has 0 heterocycles. The molecule has 6 heteroatoms. The van der Waals surface area contributed by atoms with Crippen molar-refractivity contribution >= 4 is 17.9 Å². The highest BCUT2D eigenvalue weighted by Gasteiger charge is 2.19. The van der Waals surface area contributed by atoms with Crippen LogP contribution >= 0.6 is 0 Å². The van der Waals surface area contributed by atoms with Crippen LogP contribution in [-0.4, -0.2) is 37.2 Å². The normalized spacial score (nSPS) is 13.0. The van der Waals surface area contributed by atoms with Crippen LogP contribution in [0.25, 0.3) is 0 Å². The Balaban J connectivity index is 4.52. The van der Waals surface area contributed by atoms with E-state index in [2.05, 4.69) is 81.5 Å². The summed E-state index contributed by atoms with van der Waals surface area (Å²) in [6.07, 6.45) is 70.6. The van der Waals surface area contributed by atoms with Crippen molar-refractivity contribution in [2.75, 3.05) is 13.2 Å². The standard InChI is InChI=1S/C59H96O6/c1-4-7-10-13-16-19-22-25-28-29-30-32-34-37-40-43-46-49-52-58(61)64-55-56(54-63-57(60)51-48-45-42-39-36-33-27-24-21-18-15-12-9-6-3)65-59(62)53-50-47-44-41-38-35-31-26-23-20-17-14-11-8-5-2/h8,11,14,16-17,19-20,22-23,25-26,28-32,35,38,56H,4-7,9-10,12-13,15,18,21,24,27,33-34,36-37,39-55H2,1-3H3/b11-8-,17-14-,19-16-,23-20-,25-22-,29-28-,31-26-,32-30-,38-35-. The Morgan fingerprint density at radius 1 is 0.323 bits per heavy atom. The number of esters is 3. The molecule has 0 aliphatic heterocycles. The lowest BCUT2D eigenvalue weighted by atomic mass is 10.0. The minimum Gasteiger partial charge on any atom is -0.462 e. The zero-order valence-corrected chi connectivity index (χ0v) is 42.0. The molecule has 0 rings (SSSR count). The van der Waals surface area contributed by atoms with Gasteiger partial charge in [0.2, 0.25) is 0 Å². The summed E-state index contributed by atoms with van der Waals surface area (Å²) in [7, 11) is 0. The third kappa shape index (κ3) is 50.9. The maximum absolute atomic E-state index is 12.8. The summed E-state index contributed by atoms with van der Waals surface area (Å²) in [5.41, 5.74) is 0. The summed E-state index contributed by atoms with van der Waals surface area (Å²) in [4.78, 5) is 38.0. The van der Waals surface area contributed by atoms with E-state index in [1.807, 2.05) is 48.6 Å². The molecule has 0 aromatic carbocycles. The number of carbonyl (C=O) groups is 3. The molecule has 65 heavy (non-hydrogen) atoms. The molecule has 0 bridgehead atoms. The predicted octanol–water partition coefficient (Wildman–Crippen LogP) is 17.5. The average Bonchev–Trinajstić information content (AvgIpc) is 3.30. The highest BCUT2D eigenvalue weighted by molar-refractivity contribution is 5.71. The fraction of sp³-hybridized carbons (Fsp3) is 0.644. The molecule has 0 aliphatic carbocycles. The minimum absolute atomic E-state index is 0.104. The topological polar surface area (TPSA) is 78.9 Å². The van der Waals surface area contributed by atoms with E-state index in [4.69, 9.17) is 14.2 Å². The molecule has 0 fully saturated rings. The SMILES string of the molecule is CC\C=C/C=C\C=C/C=C\C=C/CCCCCC(=O)OC(COC(=O)CCCCCCC\C=C/C=C\C=C/C=C\CCCCC)COC(=O)CCCCCCCCCCCCCCCC. The molecular formula is C59H96O6. The second kappa shape index (κ2) is 52.7. The van der Waals surface area contributed by atoms with Gasteiger partial charge in [-0.2, -0.15) is 0 Å². The predicted molar refractivity (Wildman–Crippen MR) is 279 cm³/mol. The number of ether oxygens (including phenoxy) is 3. The molecule has 0 spiro atoms. The first-order chi connectivity index (χ1) is 32.0. The van der Waals surface area contributed by atoms with Crippen LogP contribution in [0.5, 0.6) is 0 Å². The lowest BCUT2D eigenvalue weighted by Gasteiger charge is -2.18. The largest absolute Gasteiger partial charge is 0.462 e. The number of unbranched alkanes of at least 4 members (excludes halogenated alkanes) is 24. The van der Waals surface area contributed by atoms with Gasteiger partial charge in [-0.15, -0.1) is 0 Å². The molecule has 0 saturated carbocycles. The van der Waals surface area contributed by atoms with Crippen LogP contribution in [0.1, 0.15) is 226 Å². The Morgan fingerprint density at radius 3 is 0.985 bits per heavy atom. The maximum Gasteiger partial charge on any atom is 0.306 e. The van der Waals surface area contributed by atoms with Crippen LogP contribution < -0.4 is 0 Å². The van der Waals surface area contributed by atoms with Gasteiger partial charge in [0.15, 0.2) is 6.10 Å². The summed E-state index contributed by atoms with van der Waals surface area (Å²) in [6, 6.07) is 0. The van der Waals surface area contributed by atoms with Crippen LogP contribution in [0.3, 0.4) is 0 Å². The van der Waals surface area contributed by atoms with Gasteiger partial charge < -0.3 is 14.2 Å². The van der Waals surface area contributed by atoms with Crippen molar-refractivity contribution in [3.8, 4) is 0 Å². The zero-order chi connectivity index (χ0) is 47.2. The third-order valence-electron chi connectivity index (χ3n) is 11.0. The molecule has 0 aliphatic rings. The Hall–Kier alpha value is -3.93. The van der Waals surface area contributed by atoms with Gasteiger partial charge >= 0.3 is 17.9 Å². The summed E-state index contributed by atoms with van der Waals surface area (Å²) in [5.74, 6) is -0.971. The van der Waals surface area contributed by atoms with Crippen LogP contribution in [0.4, 0.5) is 0 Å². The fourth-order valence-electron chi connectivity index (χ4n) is 7.00. The van der Waals surface area contributed by atoms with Crippen molar-refractivity contribution < 1.29 is 28.6 Å². The van der Waals surface area contributed by atoms with E-state index in [0.29, 0.717) is 19.3 Å². The van der Waals surface area contributed by atoms with Crippen molar-refractivity contribution in [1.29, 1.82) is 0 Å². The zero-order valence-electron chi connectivity index (χ0n) is 42.0. The third-order valence-corrected chi connectivity index (χ3v) is 11.0. The van der Waals surface area contributed by atoms with Crippen molar-refractivity contribution in [1.82, 2.24) is 0 Å². The number of rotatable bonds is 46. The van der Waals surface area contributed by atoms with Crippen LogP contribution in [0.2, 0.25) is 0 Å². The van der Waals surface area contributed by atoms with Crippen molar-refractivity contribution in [2.45, 2.75) is 232 Å². The Morgan fingerprint density at radius 2 is 0.600 bits per heavy atom. The average molecular weight is 901 g/mol. The number of hydrogen-bond donors (Lipinski definition) is 0. The van der Waals surface area contributed by atoms with E-state index in [0.717, 1.165) is 89.9 Å². The fourth-order valence-corrected chi connectivity index (χ4v) is 7.00. The van der Waals surface area contributed by atoms with E-state index in [1.54, 1.807) is 0 Å². The van der Waals surface area contributed by atoms with E-state index in [-0.39, 0.29) is 37.5 Å². The minimum atomic E-state index is -0.810. The molecule has 0 saturated heterocycles. The van der Waals surface area contributed by atoms with Crippen LogP contribution in [-0.2, 0) is 28.6 Å². The van der Waals surface area contributed by atoms with Gasteiger partial charge in [0.1, 0.15) is 13.2 Å². The maximum atomic E-state index is 12.8. The van der Waals surface area contributed by atoms with Gasteiger partial charge in [0.25, 0.3) is 0 Å². The molecule has 0 radical (unpaired) electrons. The van der Waals surface area contributed by atoms with Gasteiger partial charge in [0, 0.05) is 19.3 Å². The van der Waals surface area contributed by atoms with E-state index in [9.17, 15) is 14.4 Å². The molecule has 368 valence electrons. The second-order valence-corrected chi connectivity index (χ2v) is 17.3. The Labute approximate surface area is 400 Å². The number of allylic oxidation sites excluding steroid dienone is 18. The second-order valence-electron chi connectivity index (χ2n) is 17.3. The molecule has 0 amide bonds. The van der Waals surface area contributed by atoms with Gasteiger partial charge in [-0.05, 0) is 64.2 Å². The first-order valence-corrected chi connectivity index (χ1v) is 26.5. The highest BCUT2D eigenvalue weighted by Crippen LogP contribution is 2.15. The summed E-state index contributed by atoms with van der Waals surface area (Å²) in [6.45, 7) is 6.40. The number of hydrogen-bond acceptors (Lipinski definition) is 6. The van der Waals surface area contributed by atoms with Crippen molar-refractivity contribution in [3.63, 3.8) is 0 Å². The molecule has 0 N–H and O–H groups in total. The van der Waals surface area contributed by atoms with Crippen LogP contribution in [0.15, 0.2) is 109 Å². The smallest absolute Gasteiger partial charge is 0.306 e. The van der Waals surface area contributed by atoms with E-state index < -0.39 is 6.10 Å². The van der Waals surface area contributed by atoms with Gasteiger partial charge in [-0.25, -0.2) is 0 Å². The summed E-state index contributed by atoms with van der Waals surface area (Å²) < 4.78 is 16.8. The Kier molecular flexibility index (Phi) is 49.5. The summed E-state index contributed by atoms with van der Waals surface area (Å²) >= 11 is 0. The lowest BCUT2D eigenvalue weighted by molar-refractivity contribution is -0.167.